The van der Waals surface area contributed by atoms with E-state index in [1.54, 1.807) is 19.5 Å². The summed E-state index contributed by atoms with van der Waals surface area (Å²) in [7, 11) is 1.73. The summed E-state index contributed by atoms with van der Waals surface area (Å²) in [5, 5.41) is 0. The van der Waals surface area contributed by atoms with E-state index in [0.717, 1.165) is 50.6 Å². The molecule has 0 radical (unpaired) electrons. The van der Waals surface area contributed by atoms with E-state index >= 15 is 0 Å². The molecule has 2 aromatic heterocycles. The van der Waals surface area contributed by atoms with Crippen LogP contribution in [0.4, 0.5) is 0 Å². The van der Waals surface area contributed by atoms with Gasteiger partial charge in [-0.25, -0.2) is 4.98 Å². The van der Waals surface area contributed by atoms with Crippen molar-refractivity contribution >= 4 is 0 Å². The maximum atomic E-state index is 6.01. The van der Waals surface area contributed by atoms with Crippen LogP contribution in [0.15, 0.2) is 36.9 Å². The minimum absolute atomic E-state index is 0.293. The molecule has 0 atom stereocenters. The third-order valence-electron chi connectivity index (χ3n) is 4.19. The first-order valence-corrected chi connectivity index (χ1v) is 8.13. The van der Waals surface area contributed by atoms with Crippen LogP contribution in [-0.4, -0.2) is 52.3 Å². The van der Waals surface area contributed by atoms with Crippen molar-refractivity contribution in [2.24, 2.45) is 0 Å². The highest BCUT2D eigenvalue weighted by molar-refractivity contribution is 5.17. The Morgan fingerprint density at radius 2 is 1.96 bits per heavy atom. The number of rotatable bonds is 7. The van der Waals surface area contributed by atoms with Crippen LogP contribution < -0.4 is 4.74 Å². The third kappa shape index (κ3) is 4.53. The zero-order valence-corrected chi connectivity index (χ0v) is 13.6. The van der Waals surface area contributed by atoms with Gasteiger partial charge in [-0.05, 0) is 25.0 Å². The molecule has 0 spiro atoms. The fourth-order valence-electron chi connectivity index (χ4n) is 2.88. The lowest BCUT2D eigenvalue weighted by atomic mass is 10.1. The standard InChI is InChI=1S/C17H24N4O2/c1-22-13-12-21-11-8-19-17(21)14-20-9-4-16(5-10-20)23-15-2-6-18-7-3-15/h2-3,6-8,11,16H,4-5,9-10,12-14H2,1H3. The van der Waals surface area contributed by atoms with E-state index in [4.69, 9.17) is 9.47 Å². The van der Waals surface area contributed by atoms with Gasteiger partial charge < -0.3 is 14.0 Å². The van der Waals surface area contributed by atoms with Crippen molar-refractivity contribution in [3.05, 3.63) is 42.7 Å². The van der Waals surface area contributed by atoms with Crippen molar-refractivity contribution in [3.8, 4) is 5.75 Å². The summed E-state index contributed by atoms with van der Waals surface area (Å²) in [6, 6.07) is 3.83. The predicted molar refractivity (Wildman–Crippen MR) is 87.3 cm³/mol. The van der Waals surface area contributed by atoms with E-state index in [2.05, 4.69) is 19.4 Å². The first-order chi connectivity index (χ1) is 11.3. The minimum atomic E-state index is 0.293. The van der Waals surface area contributed by atoms with Crippen LogP contribution in [0.2, 0.25) is 0 Å². The summed E-state index contributed by atoms with van der Waals surface area (Å²) in [6.45, 7) is 4.52. The average Bonchev–Trinajstić information content (AvgIpc) is 3.03. The van der Waals surface area contributed by atoms with Crippen LogP contribution in [0.5, 0.6) is 5.75 Å². The van der Waals surface area contributed by atoms with E-state index < -0.39 is 0 Å². The fourth-order valence-corrected chi connectivity index (χ4v) is 2.88. The Labute approximate surface area is 137 Å². The zero-order chi connectivity index (χ0) is 15.9. The highest BCUT2D eigenvalue weighted by Gasteiger charge is 2.21. The Morgan fingerprint density at radius 1 is 1.17 bits per heavy atom. The molecule has 6 nitrogen and oxygen atoms in total. The van der Waals surface area contributed by atoms with Gasteiger partial charge in [0.2, 0.25) is 0 Å². The molecule has 6 heteroatoms. The lowest BCUT2D eigenvalue weighted by molar-refractivity contribution is 0.0942. The Kier molecular flexibility index (Phi) is 5.60. The Balaban J connectivity index is 1.47. The second-order valence-corrected chi connectivity index (χ2v) is 5.81. The summed E-state index contributed by atoms with van der Waals surface area (Å²) >= 11 is 0. The number of methoxy groups -OCH3 is 1. The molecule has 3 heterocycles. The lowest BCUT2D eigenvalue weighted by Gasteiger charge is -2.31. The van der Waals surface area contributed by atoms with E-state index in [1.165, 1.54) is 0 Å². The Hall–Kier alpha value is -1.92. The van der Waals surface area contributed by atoms with Crippen molar-refractivity contribution in [3.63, 3.8) is 0 Å². The molecule has 1 fully saturated rings. The van der Waals surface area contributed by atoms with Gasteiger partial charge in [0, 0.05) is 51.5 Å². The number of ether oxygens (including phenoxy) is 2. The van der Waals surface area contributed by atoms with Gasteiger partial charge in [0.25, 0.3) is 0 Å². The van der Waals surface area contributed by atoms with Gasteiger partial charge in [-0.3, -0.25) is 9.88 Å². The highest BCUT2D eigenvalue weighted by Crippen LogP contribution is 2.19. The molecule has 23 heavy (non-hydrogen) atoms. The number of aromatic nitrogens is 3. The number of imidazole rings is 1. The smallest absolute Gasteiger partial charge is 0.122 e. The van der Waals surface area contributed by atoms with Crippen LogP contribution in [0.1, 0.15) is 18.7 Å². The molecule has 0 amide bonds. The van der Waals surface area contributed by atoms with E-state index in [9.17, 15) is 0 Å². The molecule has 0 unspecified atom stereocenters. The zero-order valence-electron chi connectivity index (χ0n) is 13.6. The van der Waals surface area contributed by atoms with Gasteiger partial charge in [0.05, 0.1) is 13.2 Å². The van der Waals surface area contributed by atoms with E-state index in [-0.39, 0.29) is 0 Å². The summed E-state index contributed by atoms with van der Waals surface area (Å²) in [4.78, 5) is 10.9. The van der Waals surface area contributed by atoms with Crippen LogP contribution in [0, 0.1) is 0 Å². The Bertz CT molecular complexity index is 579. The second-order valence-electron chi connectivity index (χ2n) is 5.81. The summed E-state index contributed by atoms with van der Waals surface area (Å²) in [6.07, 6.45) is 9.80. The second kappa shape index (κ2) is 8.08. The quantitative estimate of drug-likeness (QED) is 0.782. The van der Waals surface area contributed by atoms with Gasteiger partial charge in [-0.1, -0.05) is 0 Å². The minimum Gasteiger partial charge on any atom is -0.490 e. The first kappa shape index (κ1) is 16.0. The van der Waals surface area contributed by atoms with Crippen molar-refractivity contribution < 1.29 is 9.47 Å². The van der Waals surface area contributed by atoms with Crippen molar-refractivity contribution in [1.29, 1.82) is 0 Å². The molecule has 1 saturated heterocycles. The van der Waals surface area contributed by atoms with E-state index in [1.807, 2.05) is 24.5 Å². The largest absolute Gasteiger partial charge is 0.490 e. The van der Waals surface area contributed by atoms with Crippen LogP contribution in [0.3, 0.4) is 0 Å². The maximum absolute atomic E-state index is 6.01. The molecule has 1 aliphatic rings. The fraction of sp³-hybridized carbons (Fsp3) is 0.529. The topological polar surface area (TPSA) is 52.4 Å². The summed E-state index contributed by atoms with van der Waals surface area (Å²) in [5.74, 6) is 2.02. The summed E-state index contributed by atoms with van der Waals surface area (Å²) < 4.78 is 13.3. The molecular weight excluding hydrogens is 292 g/mol. The third-order valence-corrected chi connectivity index (χ3v) is 4.19. The van der Waals surface area contributed by atoms with Crippen LogP contribution in [-0.2, 0) is 17.8 Å². The molecule has 0 bridgehead atoms. The van der Waals surface area contributed by atoms with Crippen molar-refractivity contribution in [2.45, 2.75) is 32.0 Å². The number of nitrogens with zero attached hydrogens (tertiary/aromatic N) is 4. The Morgan fingerprint density at radius 3 is 2.70 bits per heavy atom. The SMILES string of the molecule is COCCn1ccnc1CN1CCC(Oc2ccncc2)CC1. The summed E-state index contributed by atoms with van der Waals surface area (Å²) in [5.41, 5.74) is 0. The first-order valence-electron chi connectivity index (χ1n) is 8.13. The molecule has 3 rings (SSSR count). The number of piperidine rings is 1. The predicted octanol–water partition coefficient (Wildman–Crippen LogP) is 1.97. The molecular formula is C17H24N4O2. The van der Waals surface area contributed by atoms with Gasteiger partial charge in [0.1, 0.15) is 17.7 Å². The monoisotopic (exact) mass is 316 g/mol. The number of hydrogen-bond donors (Lipinski definition) is 0. The van der Waals surface area contributed by atoms with Crippen molar-refractivity contribution in [2.75, 3.05) is 26.8 Å². The molecule has 0 saturated carbocycles. The maximum Gasteiger partial charge on any atom is 0.122 e. The number of likely N-dealkylation sites (tertiary alicyclic amines) is 1. The van der Waals surface area contributed by atoms with Gasteiger partial charge in [-0.2, -0.15) is 0 Å². The van der Waals surface area contributed by atoms with Gasteiger partial charge in [-0.15, -0.1) is 0 Å². The molecule has 0 N–H and O–H groups in total. The molecule has 0 aliphatic carbocycles. The highest BCUT2D eigenvalue weighted by atomic mass is 16.5. The van der Waals surface area contributed by atoms with Gasteiger partial charge >= 0.3 is 0 Å². The normalized spacial score (nSPS) is 16.6. The van der Waals surface area contributed by atoms with Crippen molar-refractivity contribution in [1.82, 2.24) is 19.4 Å². The van der Waals surface area contributed by atoms with Crippen LogP contribution >= 0.6 is 0 Å². The average molecular weight is 316 g/mol. The molecule has 2 aromatic rings. The lowest BCUT2D eigenvalue weighted by Crippen LogP contribution is -2.38. The van der Waals surface area contributed by atoms with Crippen LogP contribution in [0.25, 0.3) is 0 Å². The van der Waals surface area contributed by atoms with E-state index in [0.29, 0.717) is 12.7 Å². The van der Waals surface area contributed by atoms with Gasteiger partial charge in [0.15, 0.2) is 0 Å². The molecule has 124 valence electrons. The number of hydrogen-bond acceptors (Lipinski definition) is 5. The molecule has 1 aliphatic heterocycles. The number of pyridine rings is 1. The molecule has 0 aromatic carbocycles.